The van der Waals surface area contributed by atoms with Crippen LogP contribution >= 0.6 is 0 Å². The summed E-state index contributed by atoms with van der Waals surface area (Å²) in [7, 11) is 1.66. The summed E-state index contributed by atoms with van der Waals surface area (Å²) in [6.07, 6.45) is 5.91. The lowest BCUT2D eigenvalue weighted by Crippen LogP contribution is -2.77. The third-order valence-electron chi connectivity index (χ3n) is 6.61. The van der Waals surface area contributed by atoms with Crippen molar-refractivity contribution in [3.63, 3.8) is 0 Å². The summed E-state index contributed by atoms with van der Waals surface area (Å²) >= 11 is 0. The van der Waals surface area contributed by atoms with Gasteiger partial charge in [0, 0.05) is 24.9 Å². The number of nitrogens with zero attached hydrogens (tertiary/aromatic N) is 3. The van der Waals surface area contributed by atoms with Crippen LogP contribution in [0.4, 0.5) is 11.6 Å². The van der Waals surface area contributed by atoms with Gasteiger partial charge in [-0.15, -0.1) is 4.98 Å². The van der Waals surface area contributed by atoms with Crippen LogP contribution in [0.1, 0.15) is 54.9 Å². The fraction of sp³-hybridized carbons (Fsp3) is 0.414. The van der Waals surface area contributed by atoms with Crippen LogP contribution in [0.25, 0.3) is 0 Å². The van der Waals surface area contributed by atoms with Crippen LogP contribution in [0.5, 0.6) is 11.8 Å². The molecule has 0 bridgehead atoms. The first-order chi connectivity index (χ1) is 18.2. The summed E-state index contributed by atoms with van der Waals surface area (Å²) in [6.45, 7) is 7.40. The molecule has 37 heavy (non-hydrogen) atoms. The first-order valence-corrected chi connectivity index (χ1v) is 13.2. The number of hydrogen-bond acceptors (Lipinski definition) is 7. The number of anilines is 1. The molecular weight excluding hydrogens is 464 g/mol. The van der Waals surface area contributed by atoms with E-state index in [1.807, 2.05) is 24.3 Å². The molecular formula is C29H39N6O2+. The molecule has 1 aliphatic heterocycles. The van der Waals surface area contributed by atoms with Crippen LogP contribution in [0.15, 0.2) is 48.5 Å². The lowest BCUT2D eigenvalue weighted by atomic mass is 10.1. The van der Waals surface area contributed by atoms with E-state index in [-0.39, 0.29) is 0 Å². The number of methoxy groups -OCH3 is 1. The van der Waals surface area contributed by atoms with E-state index in [0.717, 1.165) is 30.7 Å². The molecule has 3 aromatic rings. The van der Waals surface area contributed by atoms with Gasteiger partial charge < -0.3 is 20.2 Å². The smallest absolute Gasteiger partial charge is 0.323 e. The Balaban J connectivity index is 1.46. The van der Waals surface area contributed by atoms with Crippen molar-refractivity contribution < 1.29 is 14.8 Å². The Hall–Kier alpha value is -3.49. The molecule has 0 amide bonds. The number of ether oxygens (including phenoxy) is 2. The number of aromatic nitrogens is 2. The fourth-order valence-corrected chi connectivity index (χ4v) is 4.39. The van der Waals surface area contributed by atoms with Gasteiger partial charge in [-0.25, -0.2) is 0 Å². The summed E-state index contributed by atoms with van der Waals surface area (Å²) in [4.78, 5) is 11.8. The second kappa shape index (κ2) is 13.7. The minimum Gasteiger partial charge on any atom is -0.497 e. The summed E-state index contributed by atoms with van der Waals surface area (Å²) in [5.74, 6) is 2.12. The quantitative estimate of drug-likeness (QED) is 0.224. The average molecular weight is 504 g/mol. The van der Waals surface area contributed by atoms with Crippen LogP contribution in [0.2, 0.25) is 0 Å². The normalized spacial score (nSPS) is 13.5. The molecule has 0 unspecified atom stereocenters. The first-order valence-electron chi connectivity index (χ1n) is 13.2. The van der Waals surface area contributed by atoms with Crippen molar-refractivity contribution in [3.05, 3.63) is 70.8 Å². The van der Waals surface area contributed by atoms with E-state index < -0.39 is 0 Å². The molecule has 2 aromatic carbocycles. The lowest BCUT2D eigenvalue weighted by molar-refractivity contribution is -0.592. The zero-order valence-electron chi connectivity index (χ0n) is 22.0. The number of quaternary nitrogens is 1. The molecule has 0 atom stereocenters. The standard InChI is InChI=1S/C29H38N6O2/c1-3-4-17-37-29-33-27(31-19-22-7-9-24(10-8-22)21-35-15-5-6-16-35)26(18-30)28(34-29)32-20-23-11-13-25(36-2)14-12-23/h7-14,18,30H,3-6,15-17,19-21H2,1-2H3,(H2,31,32,33,34)/p+1. The minimum atomic E-state index is 0.337. The molecule has 8 heteroatoms. The van der Waals surface area contributed by atoms with Crippen LogP contribution in [0.3, 0.4) is 0 Å². The Morgan fingerprint density at radius 1 is 1.00 bits per heavy atom. The van der Waals surface area contributed by atoms with E-state index in [9.17, 15) is 0 Å². The SMILES string of the molecule is CCCCOc1nc(NCc2ccc(OC)cc2)c(C=N)c([NH2+]Cc2ccc(CN3CCCC3)cc2)n1. The fourth-order valence-electron chi connectivity index (χ4n) is 4.39. The van der Waals surface area contributed by atoms with Crippen LogP contribution in [-0.2, 0) is 19.6 Å². The maximum absolute atomic E-state index is 8.09. The highest BCUT2D eigenvalue weighted by Gasteiger charge is 2.18. The molecule has 1 aromatic heterocycles. The molecule has 2 heterocycles. The van der Waals surface area contributed by atoms with Gasteiger partial charge in [-0.05, 0) is 55.6 Å². The van der Waals surface area contributed by atoms with Crippen LogP contribution in [-0.4, -0.2) is 47.9 Å². The highest BCUT2D eigenvalue weighted by molar-refractivity contribution is 5.88. The first kappa shape index (κ1) is 26.6. The van der Waals surface area contributed by atoms with Crippen molar-refractivity contribution >= 4 is 17.9 Å². The molecule has 4 N–H and O–H groups in total. The van der Waals surface area contributed by atoms with Gasteiger partial charge in [-0.3, -0.25) is 10.2 Å². The molecule has 1 aliphatic rings. The van der Waals surface area contributed by atoms with Gasteiger partial charge in [0.2, 0.25) is 5.82 Å². The number of nitrogens with two attached hydrogens (primary N) is 1. The van der Waals surface area contributed by atoms with E-state index in [2.05, 4.69) is 56.7 Å². The monoisotopic (exact) mass is 503 g/mol. The molecule has 0 aliphatic carbocycles. The topological polar surface area (TPSA) is 100.0 Å². The number of unbranched alkanes of at least 4 members (excludes halogenated alkanes) is 1. The van der Waals surface area contributed by atoms with E-state index in [0.29, 0.717) is 42.9 Å². The maximum atomic E-state index is 8.09. The van der Waals surface area contributed by atoms with E-state index in [1.165, 1.54) is 43.3 Å². The van der Waals surface area contributed by atoms with Crippen molar-refractivity contribution in [1.29, 1.82) is 5.41 Å². The Morgan fingerprint density at radius 2 is 1.70 bits per heavy atom. The Labute approximate surface area is 219 Å². The van der Waals surface area contributed by atoms with Crippen molar-refractivity contribution in [2.24, 2.45) is 0 Å². The second-order valence-corrected chi connectivity index (χ2v) is 9.41. The molecule has 0 radical (unpaired) electrons. The third kappa shape index (κ3) is 7.74. The third-order valence-corrected chi connectivity index (χ3v) is 6.61. The number of hydrogen-bond donors (Lipinski definition) is 3. The predicted molar refractivity (Wildman–Crippen MR) is 147 cm³/mol. The van der Waals surface area contributed by atoms with Crippen molar-refractivity contribution in [2.75, 3.05) is 32.1 Å². The number of benzene rings is 2. The molecule has 196 valence electrons. The Bertz CT molecular complexity index is 1130. The van der Waals surface area contributed by atoms with E-state index in [1.54, 1.807) is 7.11 Å². The van der Waals surface area contributed by atoms with E-state index in [4.69, 9.17) is 14.9 Å². The van der Waals surface area contributed by atoms with Gasteiger partial charge >= 0.3 is 6.01 Å². The number of likely N-dealkylation sites (tertiary alicyclic amines) is 1. The van der Waals surface area contributed by atoms with Gasteiger partial charge in [-0.2, -0.15) is 4.98 Å². The molecule has 0 saturated carbocycles. The van der Waals surface area contributed by atoms with Gasteiger partial charge in [-0.1, -0.05) is 49.7 Å². The van der Waals surface area contributed by atoms with Gasteiger partial charge in [0.1, 0.15) is 23.7 Å². The molecule has 1 fully saturated rings. The lowest BCUT2D eigenvalue weighted by Gasteiger charge is -2.15. The number of rotatable bonds is 14. The van der Waals surface area contributed by atoms with Gasteiger partial charge in [0.15, 0.2) is 0 Å². The highest BCUT2D eigenvalue weighted by atomic mass is 16.5. The van der Waals surface area contributed by atoms with Crippen molar-refractivity contribution in [1.82, 2.24) is 14.9 Å². The summed E-state index contributed by atoms with van der Waals surface area (Å²) < 4.78 is 11.1. The molecule has 1 saturated heterocycles. The van der Waals surface area contributed by atoms with Crippen LogP contribution in [0, 0.1) is 5.41 Å². The maximum Gasteiger partial charge on any atom is 0.323 e. The highest BCUT2D eigenvalue weighted by Crippen LogP contribution is 2.21. The number of nitrogens with one attached hydrogen (secondary N) is 2. The molecule has 8 nitrogen and oxygen atoms in total. The summed E-state index contributed by atoms with van der Waals surface area (Å²) in [5.41, 5.74) is 4.30. The van der Waals surface area contributed by atoms with Gasteiger partial charge in [0.25, 0.3) is 0 Å². The average Bonchev–Trinajstić information content (AvgIpc) is 3.45. The zero-order chi connectivity index (χ0) is 25.9. The predicted octanol–water partition coefficient (Wildman–Crippen LogP) is 4.26. The van der Waals surface area contributed by atoms with Gasteiger partial charge in [0.05, 0.1) is 13.7 Å². The minimum absolute atomic E-state index is 0.337. The van der Waals surface area contributed by atoms with E-state index >= 15 is 0 Å². The van der Waals surface area contributed by atoms with Crippen molar-refractivity contribution in [2.45, 2.75) is 52.2 Å². The second-order valence-electron chi connectivity index (χ2n) is 9.41. The van der Waals surface area contributed by atoms with Crippen LogP contribution < -0.4 is 20.1 Å². The Kier molecular flexibility index (Phi) is 9.85. The Morgan fingerprint density at radius 3 is 2.38 bits per heavy atom. The zero-order valence-corrected chi connectivity index (χ0v) is 22.0. The molecule has 0 spiro atoms. The molecule has 4 rings (SSSR count). The van der Waals surface area contributed by atoms with Crippen molar-refractivity contribution in [3.8, 4) is 11.8 Å². The largest absolute Gasteiger partial charge is 0.497 e. The summed E-state index contributed by atoms with van der Waals surface area (Å²) in [6, 6.07) is 17.0. The summed E-state index contributed by atoms with van der Waals surface area (Å²) in [5, 5.41) is 13.5.